The molecule has 0 saturated carbocycles. The molecule has 2 aliphatic rings. The summed E-state index contributed by atoms with van der Waals surface area (Å²) in [6.07, 6.45) is 1.52. The van der Waals surface area contributed by atoms with Crippen LogP contribution in [-0.2, 0) is 4.79 Å². The number of rotatable bonds is 2. The van der Waals surface area contributed by atoms with E-state index in [0.29, 0.717) is 11.5 Å². The molecule has 1 aromatic carbocycles. The highest BCUT2D eigenvalue weighted by Gasteiger charge is 2.37. The van der Waals surface area contributed by atoms with Gasteiger partial charge in [-0.25, -0.2) is 0 Å². The fraction of sp³-hybridized carbons (Fsp3) is 0.353. The fourth-order valence-corrected chi connectivity index (χ4v) is 4.01. The number of hydrogen-bond acceptors (Lipinski definition) is 4. The summed E-state index contributed by atoms with van der Waals surface area (Å²) in [7, 11) is 0. The lowest BCUT2D eigenvalue weighted by Crippen LogP contribution is -2.46. The zero-order valence-corrected chi connectivity index (χ0v) is 12.9. The molecular formula is C17H17NO3S. The van der Waals surface area contributed by atoms with E-state index in [1.165, 1.54) is 4.88 Å². The van der Waals surface area contributed by atoms with Crippen molar-refractivity contribution in [1.29, 1.82) is 0 Å². The highest BCUT2D eigenvalue weighted by molar-refractivity contribution is 7.10. The molecule has 1 fully saturated rings. The first-order valence-electron chi connectivity index (χ1n) is 7.55. The van der Waals surface area contributed by atoms with Gasteiger partial charge in [0.2, 0.25) is 6.10 Å². The van der Waals surface area contributed by atoms with Crippen LogP contribution in [0.4, 0.5) is 0 Å². The van der Waals surface area contributed by atoms with Gasteiger partial charge in [0.25, 0.3) is 5.91 Å². The summed E-state index contributed by atoms with van der Waals surface area (Å²) in [5.41, 5.74) is 0. The van der Waals surface area contributed by atoms with Gasteiger partial charge in [0.1, 0.15) is 6.61 Å². The van der Waals surface area contributed by atoms with Crippen LogP contribution in [0.1, 0.15) is 23.8 Å². The number of amides is 1. The molecule has 22 heavy (non-hydrogen) atoms. The van der Waals surface area contributed by atoms with Gasteiger partial charge >= 0.3 is 0 Å². The number of benzene rings is 1. The van der Waals surface area contributed by atoms with Crippen LogP contribution in [0.3, 0.4) is 0 Å². The lowest BCUT2D eigenvalue weighted by atomic mass is 10.1. The van der Waals surface area contributed by atoms with Crippen LogP contribution in [0.15, 0.2) is 41.8 Å². The van der Waals surface area contributed by atoms with E-state index in [2.05, 4.69) is 11.4 Å². The number of fused-ring (bicyclic) bond motifs is 1. The first kappa shape index (κ1) is 13.6. The standard InChI is InChI=1S/C17H17NO3S/c19-17(15-11-20-13-6-1-2-7-14(13)21-15)18-9-3-5-12(18)16-8-4-10-22-16/h1-2,4,6-8,10,12,15H,3,5,9,11H2/t12-,15+/m1/s1. The van der Waals surface area contributed by atoms with Gasteiger partial charge in [-0.15, -0.1) is 11.3 Å². The summed E-state index contributed by atoms with van der Waals surface area (Å²) in [5, 5.41) is 2.06. The van der Waals surface area contributed by atoms with E-state index in [-0.39, 0.29) is 18.6 Å². The molecule has 5 heteroatoms. The van der Waals surface area contributed by atoms with E-state index in [4.69, 9.17) is 9.47 Å². The van der Waals surface area contributed by atoms with Crippen molar-refractivity contribution >= 4 is 17.2 Å². The smallest absolute Gasteiger partial charge is 0.267 e. The van der Waals surface area contributed by atoms with Gasteiger partial charge in [-0.05, 0) is 36.4 Å². The Morgan fingerprint density at radius 3 is 2.86 bits per heavy atom. The van der Waals surface area contributed by atoms with Crippen molar-refractivity contribution in [3.63, 3.8) is 0 Å². The molecule has 1 saturated heterocycles. The van der Waals surface area contributed by atoms with Gasteiger partial charge in [-0.3, -0.25) is 4.79 Å². The minimum atomic E-state index is -0.546. The summed E-state index contributed by atoms with van der Waals surface area (Å²) in [6, 6.07) is 11.8. The Kier molecular flexibility index (Phi) is 3.50. The zero-order valence-electron chi connectivity index (χ0n) is 12.1. The average molecular weight is 315 g/mol. The number of para-hydroxylation sites is 2. The Balaban J connectivity index is 1.52. The summed E-state index contributed by atoms with van der Waals surface area (Å²) in [4.78, 5) is 16.0. The molecule has 2 atom stereocenters. The van der Waals surface area contributed by atoms with Crippen LogP contribution in [0.5, 0.6) is 11.5 Å². The molecule has 1 amide bonds. The van der Waals surface area contributed by atoms with E-state index in [1.807, 2.05) is 35.2 Å². The van der Waals surface area contributed by atoms with Crippen LogP contribution >= 0.6 is 11.3 Å². The third-order valence-electron chi connectivity index (χ3n) is 4.19. The van der Waals surface area contributed by atoms with Gasteiger partial charge in [-0.1, -0.05) is 18.2 Å². The second-order valence-corrected chi connectivity index (χ2v) is 6.55. The number of hydrogen-bond donors (Lipinski definition) is 0. The Labute approximate surface area is 133 Å². The molecule has 0 unspecified atom stereocenters. The van der Waals surface area contributed by atoms with E-state index in [9.17, 15) is 4.79 Å². The van der Waals surface area contributed by atoms with E-state index >= 15 is 0 Å². The average Bonchev–Trinajstić information content (AvgIpc) is 3.24. The molecule has 0 radical (unpaired) electrons. The lowest BCUT2D eigenvalue weighted by Gasteiger charge is -2.31. The molecular weight excluding hydrogens is 298 g/mol. The maximum absolute atomic E-state index is 12.8. The predicted octanol–water partition coefficient (Wildman–Crippen LogP) is 3.25. The number of nitrogens with zero attached hydrogens (tertiary/aromatic N) is 1. The third-order valence-corrected chi connectivity index (χ3v) is 5.17. The Bertz CT molecular complexity index is 670. The van der Waals surface area contributed by atoms with E-state index in [1.54, 1.807) is 11.3 Å². The normalized spacial score (nSPS) is 23.5. The van der Waals surface area contributed by atoms with E-state index in [0.717, 1.165) is 19.4 Å². The molecule has 0 bridgehead atoms. The Hall–Kier alpha value is -2.01. The minimum Gasteiger partial charge on any atom is -0.485 e. The number of ether oxygens (including phenoxy) is 2. The maximum atomic E-state index is 12.8. The molecule has 1 aromatic heterocycles. The molecule has 0 spiro atoms. The van der Waals surface area contributed by atoms with Crippen LogP contribution < -0.4 is 9.47 Å². The molecule has 0 aliphatic carbocycles. The highest BCUT2D eigenvalue weighted by Crippen LogP contribution is 2.37. The lowest BCUT2D eigenvalue weighted by molar-refractivity contribution is -0.142. The van der Waals surface area contributed by atoms with Crippen LogP contribution in [0, 0.1) is 0 Å². The monoisotopic (exact) mass is 315 g/mol. The predicted molar refractivity (Wildman–Crippen MR) is 84.4 cm³/mol. The van der Waals surface area contributed by atoms with Gasteiger partial charge in [-0.2, -0.15) is 0 Å². The van der Waals surface area contributed by atoms with Gasteiger partial charge in [0, 0.05) is 11.4 Å². The van der Waals surface area contributed by atoms with Crippen molar-refractivity contribution in [2.75, 3.05) is 13.2 Å². The summed E-state index contributed by atoms with van der Waals surface area (Å²) < 4.78 is 11.5. The molecule has 3 heterocycles. The number of carbonyl (C=O) groups is 1. The van der Waals surface area contributed by atoms with Crippen molar-refractivity contribution in [1.82, 2.24) is 4.90 Å². The largest absolute Gasteiger partial charge is 0.485 e. The number of carbonyl (C=O) groups excluding carboxylic acids is 1. The van der Waals surface area contributed by atoms with Crippen LogP contribution in [-0.4, -0.2) is 30.1 Å². The van der Waals surface area contributed by atoms with Crippen molar-refractivity contribution in [3.05, 3.63) is 46.7 Å². The maximum Gasteiger partial charge on any atom is 0.267 e. The Morgan fingerprint density at radius 1 is 1.18 bits per heavy atom. The van der Waals surface area contributed by atoms with Gasteiger partial charge in [0.05, 0.1) is 6.04 Å². The SMILES string of the molecule is O=C([C@@H]1COc2ccccc2O1)N1CCC[C@@H]1c1cccs1. The van der Waals surface area contributed by atoms with Gasteiger partial charge in [0.15, 0.2) is 11.5 Å². The second kappa shape index (κ2) is 5.65. The molecule has 2 aliphatic heterocycles. The molecule has 2 aromatic rings. The minimum absolute atomic E-state index is 0.0328. The van der Waals surface area contributed by atoms with Crippen LogP contribution in [0.2, 0.25) is 0 Å². The molecule has 114 valence electrons. The zero-order chi connectivity index (χ0) is 14.9. The highest BCUT2D eigenvalue weighted by atomic mass is 32.1. The summed E-state index contributed by atoms with van der Waals surface area (Å²) in [5.74, 6) is 1.40. The fourth-order valence-electron chi connectivity index (χ4n) is 3.13. The van der Waals surface area contributed by atoms with Crippen molar-refractivity contribution in [2.45, 2.75) is 25.0 Å². The first-order chi connectivity index (χ1) is 10.8. The number of likely N-dealkylation sites (tertiary alicyclic amines) is 1. The summed E-state index contributed by atoms with van der Waals surface area (Å²) in [6.45, 7) is 1.08. The topological polar surface area (TPSA) is 38.8 Å². The molecule has 4 rings (SSSR count). The quantitative estimate of drug-likeness (QED) is 0.854. The van der Waals surface area contributed by atoms with Crippen molar-refractivity contribution < 1.29 is 14.3 Å². The first-order valence-corrected chi connectivity index (χ1v) is 8.43. The summed E-state index contributed by atoms with van der Waals surface area (Å²) >= 11 is 1.71. The third kappa shape index (κ3) is 2.35. The van der Waals surface area contributed by atoms with Crippen molar-refractivity contribution in [2.24, 2.45) is 0 Å². The Morgan fingerprint density at radius 2 is 2.05 bits per heavy atom. The molecule has 0 N–H and O–H groups in total. The van der Waals surface area contributed by atoms with E-state index < -0.39 is 6.10 Å². The molecule has 4 nitrogen and oxygen atoms in total. The van der Waals surface area contributed by atoms with Gasteiger partial charge < -0.3 is 14.4 Å². The van der Waals surface area contributed by atoms with Crippen LogP contribution in [0.25, 0.3) is 0 Å². The van der Waals surface area contributed by atoms with Crippen molar-refractivity contribution in [3.8, 4) is 11.5 Å². The number of thiophene rings is 1. The second-order valence-electron chi connectivity index (χ2n) is 5.57.